The van der Waals surface area contributed by atoms with Gasteiger partial charge in [0.05, 0.1) is 5.69 Å². The second-order valence-corrected chi connectivity index (χ2v) is 8.74. The summed E-state index contributed by atoms with van der Waals surface area (Å²) in [5.74, 6) is 2.31. The largest absolute Gasteiger partial charge is 0.349 e. The minimum Gasteiger partial charge on any atom is -0.333 e. The summed E-state index contributed by atoms with van der Waals surface area (Å²) in [7, 11) is 0. The highest BCUT2D eigenvalue weighted by Gasteiger charge is 2.40. The molecule has 6 heteroatoms. The number of hydrogen-bond donors (Lipinski definition) is 0. The zero-order valence-electron chi connectivity index (χ0n) is 14.6. The Morgan fingerprint density at radius 2 is 2.23 bits per heavy atom. The normalized spacial score (nSPS) is 12.8. The molecule has 0 saturated heterocycles. The van der Waals surface area contributed by atoms with Crippen molar-refractivity contribution in [3.05, 3.63) is 58.0 Å². The fourth-order valence-electron chi connectivity index (χ4n) is 2.50. The summed E-state index contributed by atoms with van der Waals surface area (Å²) in [4.78, 5) is 19.9. The molecular formula is C20H21NO2S3. The fourth-order valence-corrected chi connectivity index (χ4v) is 4.78. The van der Waals surface area contributed by atoms with Crippen LogP contribution in [-0.2, 0) is 4.79 Å². The Labute approximate surface area is 168 Å². The maximum absolute atomic E-state index is 13.2. The van der Waals surface area contributed by atoms with Crippen molar-refractivity contribution in [3.8, 4) is 12.3 Å². The second-order valence-electron chi connectivity index (χ2n) is 5.78. The Morgan fingerprint density at radius 3 is 2.81 bits per heavy atom. The van der Waals surface area contributed by atoms with E-state index in [9.17, 15) is 4.79 Å². The number of thiazole rings is 1. The van der Waals surface area contributed by atoms with Crippen LogP contribution in [0.25, 0.3) is 0 Å². The van der Waals surface area contributed by atoms with Gasteiger partial charge in [-0.1, -0.05) is 24.3 Å². The summed E-state index contributed by atoms with van der Waals surface area (Å²) in [6.07, 6.45) is 9.57. The molecule has 1 aromatic heterocycles. The van der Waals surface area contributed by atoms with E-state index in [4.69, 9.17) is 23.5 Å². The van der Waals surface area contributed by atoms with E-state index in [1.54, 1.807) is 6.08 Å². The minimum absolute atomic E-state index is 0.333. The molecule has 0 saturated carbocycles. The molecule has 0 radical (unpaired) electrons. The van der Waals surface area contributed by atoms with Gasteiger partial charge in [0.1, 0.15) is 4.75 Å². The van der Waals surface area contributed by atoms with Crippen molar-refractivity contribution in [2.75, 3.05) is 0 Å². The molecule has 0 aliphatic heterocycles. The van der Waals surface area contributed by atoms with Crippen molar-refractivity contribution in [1.82, 2.24) is 4.73 Å². The Bertz CT molecular complexity index is 848. The van der Waals surface area contributed by atoms with E-state index in [1.165, 1.54) is 27.8 Å². The van der Waals surface area contributed by atoms with Crippen molar-refractivity contribution >= 4 is 41.3 Å². The summed E-state index contributed by atoms with van der Waals surface area (Å²) in [6.45, 7) is 5.70. The molecule has 136 valence electrons. The maximum atomic E-state index is 13.2. The van der Waals surface area contributed by atoms with Gasteiger partial charge in [-0.15, -0.1) is 42.0 Å². The summed E-state index contributed by atoms with van der Waals surface area (Å²) in [5, 5.41) is 1.87. The number of carbonyl (C=O) groups excluding carboxylic acids is 1. The van der Waals surface area contributed by atoms with Crippen molar-refractivity contribution < 1.29 is 9.63 Å². The van der Waals surface area contributed by atoms with Crippen LogP contribution in [0.1, 0.15) is 31.4 Å². The van der Waals surface area contributed by atoms with E-state index in [-0.39, 0.29) is 5.97 Å². The van der Waals surface area contributed by atoms with E-state index in [0.717, 1.165) is 17.0 Å². The van der Waals surface area contributed by atoms with Gasteiger partial charge in [-0.3, -0.25) is 0 Å². The molecule has 0 bridgehead atoms. The zero-order valence-corrected chi connectivity index (χ0v) is 17.1. The van der Waals surface area contributed by atoms with Crippen molar-refractivity contribution in [2.45, 2.75) is 42.2 Å². The quantitative estimate of drug-likeness (QED) is 0.183. The van der Waals surface area contributed by atoms with Gasteiger partial charge in [-0.25, -0.2) is 4.79 Å². The first-order chi connectivity index (χ1) is 12.5. The van der Waals surface area contributed by atoms with Gasteiger partial charge >= 0.3 is 5.97 Å². The number of rotatable bonds is 9. The highest BCUT2D eigenvalue weighted by atomic mass is 32.2. The molecule has 3 nitrogen and oxygen atoms in total. The minimum atomic E-state index is -0.802. The van der Waals surface area contributed by atoms with Gasteiger partial charge in [-0.05, 0) is 50.5 Å². The van der Waals surface area contributed by atoms with Crippen LogP contribution >= 0.6 is 35.3 Å². The highest BCUT2D eigenvalue weighted by molar-refractivity contribution is 8.01. The second kappa shape index (κ2) is 9.77. The number of allylic oxidation sites excluding steroid dienone is 1. The van der Waals surface area contributed by atoms with Crippen LogP contribution in [0, 0.1) is 23.2 Å². The number of benzene rings is 1. The number of aromatic nitrogens is 1. The number of thioether (sulfide) groups is 1. The molecule has 2 aromatic rings. The molecule has 0 aliphatic carbocycles. The zero-order chi connectivity index (χ0) is 19.0. The number of nitrogens with zero attached hydrogens (tertiary/aromatic N) is 1. The van der Waals surface area contributed by atoms with Crippen molar-refractivity contribution in [3.63, 3.8) is 0 Å². The van der Waals surface area contributed by atoms with Gasteiger partial charge in [0.15, 0.2) is 3.95 Å². The predicted molar refractivity (Wildman–Crippen MR) is 112 cm³/mol. The summed E-state index contributed by atoms with van der Waals surface area (Å²) < 4.78 is 1.13. The van der Waals surface area contributed by atoms with Gasteiger partial charge < -0.3 is 4.84 Å². The molecule has 1 heterocycles. The Hall–Kier alpha value is -1.81. The maximum Gasteiger partial charge on any atom is 0.349 e. The molecule has 0 fully saturated rings. The van der Waals surface area contributed by atoms with Crippen LogP contribution in [0.3, 0.4) is 0 Å². The van der Waals surface area contributed by atoms with E-state index in [0.29, 0.717) is 23.2 Å². The lowest BCUT2D eigenvalue weighted by Gasteiger charge is -2.29. The monoisotopic (exact) mass is 403 g/mol. The Morgan fingerprint density at radius 1 is 1.50 bits per heavy atom. The SMILES string of the molecule is C#CCCCC(CC=C)(Sc1ccccc1)C(=O)On1c(C)csc1=S. The summed E-state index contributed by atoms with van der Waals surface area (Å²) in [6, 6.07) is 9.82. The van der Waals surface area contributed by atoms with Crippen LogP contribution in [-0.4, -0.2) is 15.4 Å². The number of unbranched alkanes of at least 4 members (excludes halogenated alkanes) is 1. The average Bonchev–Trinajstić information content (AvgIpc) is 2.95. The van der Waals surface area contributed by atoms with Crippen LogP contribution in [0.4, 0.5) is 0 Å². The van der Waals surface area contributed by atoms with Gasteiger partial charge in [0.25, 0.3) is 0 Å². The number of terminal acetylenes is 1. The van der Waals surface area contributed by atoms with Crippen LogP contribution in [0.2, 0.25) is 0 Å². The molecule has 0 spiro atoms. The topological polar surface area (TPSA) is 31.2 Å². The van der Waals surface area contributed by atoms with E-state index < -0.39 is 4.75 Å². The third-order valence-electron chi connectivity index (χ3n) is 3.79. The number of hydrogen-bond acceptors (Lipinski definition) is 5. The van der Waals surface area contributed by atoms with Crippen molar-refractivity contribution in [2.24, 2.45) is 0 Å². The van der Waals surface area contributed by atoms with E-state index >= 15 is 0 Å². The molecule has 1 atom stereocenters. The summed E-state index contributed by atoms with van der Waals surface area (Å²) >= 11 is 8.13. The molecule has 0 N–H and O–H groups in total. The molecule has 1 aromatic carbocycles. The highest BCUT2D eigenvalue weighted by Crippen LogP contribution is 2.40. The van der Waals surface area contributed by atoms with Crippen molar-refractivity contribution in [1.29, 1.82) is 0 Å². The van der Waals surface area contributed by atoms with E-state index in [1.807, 2.05) is 42.6 Å². The first kappa shape index (κ1) is 20.5. The van der Waals surface area contributed by atoms with Crippen LogP contribution in [0.15, 0.2) is 53.3 Å². The number of carbonyl (C=O) groups is 1. The molecule has 0 amide bonds. The van der Waals surface area contributed by atoms with Gasteiger partial charge in [0.2, 0.25) is 0 Å². The lowest BCUT2D eigenvalue weighted by atomic mass is 9.97. The Balaban J connectivity index is 2.35. The first-order valence-electron chi connectivity index (χ1n) is 8.21. The summed E-state index contributed by atoms with van der Waals surface area (Å²) in [5.41, 5.74) is 0.800. The third-order valence-corrected chi connectivity index (χ3v) is 6.51. The Kier molecular flexibility index (Phi) is 7.70. The molecule has 26 heavy (non-hydrogen) atoms. The molecule has 2 rings (SSSR count). The standard InChI is InChI=1S/C20H21NO2S3/c1-4-6-10-14-20(13-5-2,26-17-11-8-7-9-12-17)18(22)23-21-16(3)15-25-19(21)24/h1,5,7-9,11-12,15H,2,6,10,13-14H2,3H3. The average molecular weight is 404 g/mol. The lowest BCUT2D eigenvalue weighted by Crippen LogP contribution is -2.41. The van der Waals surface area contributed by atoms with E-state index in [2.05, 4.69) is 12.5 Å². The predicted octanol–water partition coefficient (Wildman–Crippen LogP) is 5.45. The molecule has 0 aliphatic rings. The van der Waals surface area contributed by atoms with Gasteiger partial charge in [-0.2, -0.15) is 4.73 Å². The third kappa shape index (κ3) is 5.10. The smallest absolute Gasteiger partial charge is 0.333 e. The lowest BCUT2D eigenvalue weighted by molar-refractivity contribution is -0.147. The molecule has 1 unspecified atom stereocenters. The first-order valence-corrected chi connectivity index (χ1v) is 10.3. The van der Waals surface area contributed by atoms with Crippen LogP contribution < -0.4 is 4.84 Å². The van der Waals surface area contributed by atoms with Crippen LogP contribution in [0.5, 0.6) is 0 Å². The number of aryl methyl sites for hydroxylation is 1. The fraction of sp³-hybridized carbons (Fsp3) is 0.300. The molecular weight excluding hydrogens is 382 g/mol. The van der Waals surface area contributed by atoms with Gasteiger partial charge in [0, 0.05) is 16.7 Å².